The van der Waals surface area contributed by atoms with Gasteiger partial charge in [-0.25, -0.2) is 9.97 Å². The Morgan fingerprint density at radius 1 is 1.24 bits per heavy atom. The Bertz CT molecular complexity index is 886. The zero-order valence-electron chi connectivity index (χ0n) is 14.6. The van der Waals surface area contributed by atoms with Gasteiger partial charge < -0.3 is 10.5 Å². The summed E-state index contributed by atoms with van der Waals surface area (Å²) in [4.78, 5) is 11.7. The smallest absolute Gasteiger partial charge is 0.151 e. The number of hydrogen-bond donors (Lipinski definition) is 1. The van der Waals surface area contributed by atoms with Crippen molar-refractivity contribution in [3.8, 4) is 5.75 Å². The maximum atomic E-state index is 6.15. The summed E-state index contributed by atoms with van der Waals surface area (Å²) in [6.07, 6.45) is 4.69. The number of nitrogens with zero attached hydrogens (tertiary/aromatic N) is 3. The number of anilines is 1. The van der Waals surface area contributed by atoms with Crippen molar-refractivity contribution in [1.29, 1.82) is 0 Å². The van der Waals surface area contributed by atoms with Crippen LogP contribution in [0, 0.1) is 0 Å². The van der Waals surface area contributed by atoms with Crippen molar-refractivity contribution in [3.63, 3.8) is 0 Å². The third kappa shape index (κ3) is 3.41. The molecular weight excluding hydrogens is 332 g/mol. The van der Waals surface area contributed by atoms with Gasteiger partial charge in [-0.15, -0.1) is 11.3 Å². The Morgan fingerprint density at radius 2 is 2.08 bits per heavy atom. The second kappa shape index (κ2) is 7.14. The summed E-state index contributed by atoms with van der Waals surface area (Å²) in [5, 5.41) is 2.24. The molecule has 5 nitrogen and oxygen atoms in total. The fourth-order valence-electron chi connectivity index (χ4n) is 3.41. The lowest BCUT2D eigenvalue weighted by Crippen LogP contribution is -2.25. The number of hydrogen-bond acceptors (Lipinski definition) is 6. The number of nitrogen functional groups attached to an aromatic ring is 1. The Labute approximate surface area is 151 Å². The van der Waals surface area contributed by atoms with Gasteiger partial charge in [0.05, 0.1) is 15.2 Å². The fraction of sp³-hybridized carbons (Fsp3) is 0.474. The van der Waals surface area contributed by atoms with E-state index in [0.717, 1.165) is 51.3 Å². The quantitative estimate of drug-likeness (QED) is 0.727. The van der Waals surface area contributed by atoms with Gasteiger partial charge in [0, 0.05) is 18.0 Å². The molecule has 1 fully saturated rings. The average Bonchev–Trinajstić information content (AvgIpc) is 3.25. The molecule has 2 aromatic heterocycles. The lowest BCUT2D eigenvalue weighted by Gasteiger charge is -2.15. The predicted molar refractivity (Wildman–Crippen MR) is 104 cm³/mol. The average molecular weight is 356 g/mol. The molecule has 3 heterocycles. The summed E-state index contributed by atoms with van der Waals surface area (Å²) in [7, 11) is 0. The summed E-state index contributed by atoms with van der Waals surface area (Å²) in [5.74, 6) is 1.37. The molecule has 0 aliphatic carbocycles. The second-order valence-corrected chi connectivity index (χ2v) is 7.69. The standard InChI is InChI=1S/C19H24N4OS/c1-2-5-16-22-17-18(25-16)14-7-6-13(12-15(14)21-19(17)20)24-11-10-23-8-3-4-9-23/h6-7,12H,2-5,8-11H2,1H3,(H2,20,21). The van der Waals surface area contributed by atoms with Crippen molar-refractivity contribution >= 4 is 38.3 Å². The van der Waals surface area contributed by atoms with E-state index in [1.165, 1.54) is 25.9 Å². The highest BCUT2D eigenvalue weighted by molar-refractivity contribution is 7.19. The van der Waals surface area contributed by atoms with Crippen LogP contribution in [0.5, 0.6) is 5.75 Å². The molecule has 0 atom stereocenters. The van der Waals surface area contributed by atoms with Gasteiger partial charge in [-0.1, -0.05) is 6.92 Å². The first-order chi connectivity index (χ1) is 12.2. The summed E-state index contributed by atoms with van der Waals surface area (Å²) in [5.41, 5.74) is 7.87. The molecule has 0 spiro atoms. The molecule has 1 aromatic carbocycles. The molecule has 6 heteroatoms. The Kier molecular flexibility index (Phi) is 4.72. The van der Waals surface area contributed by atoms with Crippen LogP contribution in [0.15, 0.2) is 18.2 Å². The third-order valence-corrected chi connectivity index (χ3v) is 5.86. The van der Waals surface area contributed by atoms with Crippen molar-refractivity contribution < 1.29 is 4.74 Å². The highest BCUT2D eigenvalue weighted by Gasteiger charge is 2.14. The number of fused-ring (bicyclic) bond motifs is 3. The number of benzene rings is 1. The van der Waals surface area contributed by atoms with Gasteiger partial charge in [-0.2, -0.15) is 0 Å². The molecule has 1 saturated heterocycles. The Hall–Kier alpha value is -1.92. The summed E-state index contributed by atoms with van der Waals surface area (Å²) >= 11 is 1.73. The lowest BCUT2D eigenvalue weighted by atomic mass is 10.2. The summed E-state index contributed by atoms with van der Waals surface area (Å²) < 4.78 is 7.07. The SMILES string of the molecule is CCCc1nc2c(N)nc3cc(OCCN4CCCC4)ccc3c2s1. The lowest BCUT2D eigenvalue weighted by molar-refractivity contribution is 0.238. The molecule has 0 amide bonds. The van der Waals surface area contributed by atoms with Crippen LogP contribution in [0.4, 0.5) is 5.82 Å². The molecule has 1 aliphatic heterocycles. The van der Waals surface area contributed by atoms with Crippen molar-refractivity contribution in [2.45, 2.75) is 32.6 Å². The first-order valence-electron chi connectivity index (χ1n) is 9.08. The van der Waals surface area contributed by atoms with Crippen LogP contribution >= 0.6 is 11.3 Å². The van der Waals surface area contributed by atoms with Gasteiger partial charge >= 0.3 is 0 Å². The first-order valence-corrected chi connectivity index (χ1v) is 9.90. The monoisotopic (exact) mass is 356 g/mol. The largest absolute Gasteiger partial charge is 0.492 e. The zero-order chi connectivity index (χ0) is 17.2. The van der Waals surface area contributed by atoms with E-state index in [4.69, 9.17) is 10.5 Å². The number of ether oxygens (including phenoxy) is 1. The highest BCUT2D eigenvalue weighted by atomic mass is 32.1. The maximum Gasteiger partial charge on any atom is 0.151 e. The van der Waals surface area contributed by atoms with Gasteiger partial charge in [0.1, 0.15) is 17.9 Å². The van der Waals surface area contributed by atoms with E-state index in [1.807, 2.05) is 12.1 Å². The number of rotatable bonds is 6. The van der Waals surface area contributed by atoms with Crippen molar-refractivity contribution in [2.75, 3.05) is 32.0 Å². The number of aromatic nitrogens is 2. The van der Waals surface area contributed by atoms with Gasteiger partial charge in [-0.3, -0.25) is 4.90 Å². The summed E-state index contributed by atoms with van der Waals surface area (Å²) in [6, 6.07) is 6.11. The van der Waals surface area contributed by atoms with Crippen LogP contribution in [0.3, 0.4) is 0 Å². The predicted octanol–water partition coefficient (Wildman–Crippen LogP) is 3.85. The van der Waals surface area contributed by atoms with Crippen LogP contribution in [-0.4, -0.2) is 41.1 Å². The highest BCUT2D eigenvalue weighted by Crippen LogP contribution is 2.34. The Balaban J connectivity index is 1.58. The van der Waals surface area contributed by atoms with E-state index < -0.39 is 0 Å². The first kappa shape index (κ1) is 16.5. The minimum absolute atomic E-state index is 0.510. The van der Waals surface area contributed by atoms with Gasteiger partial charge in [0.2, 0.25) is 0 Å². The molecular formula is C19H24N4OS. The van der Waals surface area contributed by atoms with E-state index in [1.54, 1.807) is 11.3 Å². The molecule has 3 aromatic rings. The number of pyridine rings is 1. The van der Waals surface area contributed by atoms with E-state index in [9.17, 15) is 0 Å². The Morgan fingerprint density at radius 3 is 2.88 bits per heavy atom. The molecule has 0 unspecified atom stereocenters. The van der Waals surface area contributed by atoms with E-state index in [2.05, 4.69) is 27.9 Å². The van der Waals surface area contributed by atoms with Gasteiger partial charge in [0.25, 0.3) is 0 Å². The third-order valence-electron chi connectivity index (χ3n) is 4.71. The van der Waals surface area contributed by atoms with Crippen LogP contribution < -0.4 is 10.5 Å². The number of likely N-dealkylation sites (tertiary alicyclic amines) is 1. The number of nitrogens with two attached hydrogens (primary N) is 1. The van der Waals surface area contributed by atoms with Crippen molar-refractivity contribution in [2.24, 2.45) is 0 Å². The molecule has 0 saturated carbocycles. The topological polar surface area (TPSA) is 64.3 Å². The fourth-order valence-corrected chi connectivity index (χ4v) is 4.62. The summed E-state index contributed by atoms with van der Waals surface area (Å²) in [6.45, 7) is 6.26. The molecule has 1 aliphatic rings. The normalized spacial score (nSPS) is 15.4. The van der Waals surface area contributed by atoms with Crippen LogP contribution in [0.1, 0.15) is 31.2 Å². The van der Waals surface area contributed by atoms with E-state index in [0.29, 0.717) is 12.4 Å². The number of aryl methyl sites for hydroxylation is 1. The number of thiazole rings is 1. The van der Waals surface area contributed by atoms with E-state index in [-0.39, 0.29) is 0 Å². The minimum Gasteiger partial charge on any atom is -0.492 e. The minimum atomic E-state index is 0.510. The van der Waals surface area contributed by atoms with Crippen LogP contribution in [-0.2, 0) is 6.42 Å². The van der Waals surface area contributed by atoms with Crippen molar-refractivity contribution in [1.82, 2.24) is 14.9 Å². The van der Waals surface area contributed by atoms with Crippen molar-refractivity contribution in [3.05, 3.63) is 23.2 Å². The molecule has 4 rings (SSSR count). The van der Waals surface area contributed by atoms with Gasteiger partial charge in [-0.05, 0) is 50.9 Å². The van der Waals surface area contributed by atoms with Crippen LogP contribution in [0.2, 0.25) is 0 Å². The second-order valence-electron chi connectivity index (χ2n) is 6.61. The molecule has 132 valence electrons. The maximum absolute atomic E-state index is 6.15. The molecule has 25 heavy (non-hydrogen) atoms. The zero-order valence-corrected chi connectivity index (χ0v) is 15.4. The molecule has 2 N–H and O–H groups in total. The van der Waals surface area contributed by atoms with Crippen LogP contribution in [0.25, 0.3) is 21.1 Å². The van der Waals surface area contributed by atoms with E-state index >= 15 is 0 Å². The molecule has 0 bridgehead atoms. The molecule has 0 radical (unpaired) electrons. The van der Waals surface area contributed by atoms with Gasteiger partial charge in [0.15, 0.2) is 5.82 Å².